The first-order valence-electron chi connectivity index (χ1n) is 6.00. The van der Waals surface area contributed by atoms with E-state index in [4.69, 9.17) is 0 Å². The highest BCUT2D eigenvalue weighted by atomic mass is 32.2. The summed E-state index contributed by atoms with van der Waals surface area (Å²) in [5.41, 5.74) is 0.599. The molecule has 1 unspecified atom stereocenters. The molecule has 2 heterocycles. The fourth-order valence-electron chi connectivity index (χ4n) is 2.32. The first-order valence-corrected chi connectivity index (χ1v) is 7.82. The van der Waals surface area contributed by atoms with Crippen molar-refractivity contribution in [3.63, 3.8) is 0 Å². The van der Waals surface area contributed by atoms with Crippen LogP contribution in [0.2, 0.25) is 0 Å². The molecule has 1 aromatic rings. The first-order chi connectivity index (χ1) is 8.39. The lowest BCUT2D eigenvalue weighted by Gasteiger charge is -2.22. The van der Waals surface area contributed by atoms with E-state index in [0.717, 1.165) is 0 Å². The van der Waals surface area contributed by atoms with Gasteiger partial charge in [-0.3, -0.25) is 4.79 Å². The molecule has 0 radical (unpaired) electrons. The Kier molecular flexibility index (Phi) is 3.47. The number of aryl methyl sites for hydroxylation is 1. The third-order valence-electron chi connectivity index (χ3n) is 3.19. The Hall–Kier alpha value is -1.30. The van der Waals surface area contributed by atoms with Gasteiger partial charge in [-0.25, -0.2) is 8.42 Å². The molecule has 0 aliphatic carbocycles. The Balaban J connectivity index is 2.19. The Morgan fingerprint density at radius 3 is 2.78 bits per heavy atom. The van der Waals surface area contributed by atoms with Crippen molar-refractivity contribution in [2.45, 2.75) is 6.92 Å². The number of hydrogen-bond donors (Lipinski definition) is 0. The number of carbonyl (C=O) groups is 1. The van der Waals surface area contributed by atoms with Crippen molar-refractivity contribution in [1.82, 2.24) is 9.47 Å². The van der Waals surface area contributed by atoms with Crippen molar-refractivity contribution >= 4 is 15.7 Å². The molecule has 1 amide bonds. The number of nitrogens with zero attached hydrogens (tertiary/aromatic N) is 2. The predicted octanol–water partition coefficient (Wildman–Crippen LogP) is 0.532. The number of aromatic nitrogens is 1. The molecular formula is C12H18N2O3S. The summed E-state index contributed by atoms with van der Waals surface area (Å²) in [7, 11) is -1.20. The summed E-state index contributed by atoms with van der Waals surface area (Å²) >= 11 is 0. The van der Waals surface area contributed by atoms with Crippen LogP contribution in [0.4, 0.5) is 0 Å². The zero-order chi connectivity index (χ0) is 13.3. The second-order valence-electron chi connectivity index (χ2n) is 4.98. The lowest BCUT2D eigenvalue weighted by Crippen LogP contribution is -2.36. The molecule has 0 bridgehead atoms. The van der Waals surface area contributed by atoms with Crippen molar-refractivity contribution in [1.29, 1.82) is 0 Å². The molecule has 1 fully saturated rings. The van der Waals surface area contributed by atoms with Gasteiger partial charge in [0.25, 0.3) is 5.91 Å². The lowest BCUT2D eigenvalue weighted by atomic mass is 10.2. The predicted molar refractivity (Wildman–Crippen MR) is 69.1 cm³/mol. The molecule has 0 N–H and O–H groups in total. The molecule has 18 heavy (non-hydrogen) atoms. The third-order valence-corrected chi connectivity index (χ3v) is 5.07. The molecule has 0 saturated carbocycles. The van der Waals surface area contributed by atoms with Crippen molar-refractivity contribution in [3.05, 3.63) is 24.0 Å². The number of carbonyl (C=O) groups excluding carboxylic acids is 1. The third kappa shape index (κ3) is 2.75. The SMILES string of the molecule is CC1CN(C(=O)c2cccn2C)CCS(=O)(=O)C1. The van der Waals surface area contributed by atoms with Crippen molar-refractivity contribution in [2.24, 2.45) is 13.0 Å². The molecule has 0 spiro atoms. The smallest absolute Gasteiger partial charge is 0.270 e. The van der Waals surface area contributed by atoms with Crippen molar-refractivity contribution in [2.75, 3.05) is 24.6 Å². The van der Waals surface area contributed by atoms with Gasteiger partial charge >= 0.3 is 0 Å². The van der Waals surface area contributed by atoms with Gasteiger partial charge in [0, 0.05) is 26.3 Å². The van der Waals surface area contributed by atoms with Crippen LogP contribution >= 0.6 is 0 Å². The largest absolute Gasteiger partial charge is 0.347 e. The van der Waals surface area contributed by atoms with E-state index in [0.29, 0.717) is 12.2 Å². The summed E-state index contributed by atoms with van der Waals surface area (Å²) in [6.07, 6.45) is 1.81. The van der Waals surface area contributed by atoms with Crippen LogP contribution in [0.3, 0.4) is 0 Å². The van der Waals surface area contributed by atoms with Gasteiger partial charge in [-0.1, -0.05) is 6.92 Å². The average Bonchev–Trinajstić information content (AvgIpc) is 2.62. The van der Waals surface area contributed by atoms with Crippen molar-refractivity contribution in [3.8, 4) is 0 Å². The standard InChI is InChI=1S/C12H18N2O3S/c1-10-8-14(6-7-18(16,17)9-10)12(15)11-4-3-5-13(11)2/h3-5,10H,6-9H2,1-2H3. The first kappa shape index (κ1) is 13.1. The van der Waals surface area contributed by atoms with Crippen LogP contribution in [0.25, 0.3) is 0 Å². The second-order valence-corrected chi connectivity index (χ2v) is 7.20. The number of hydrogen-bond acceptors (Lipinski definition) is 3. The number of rotatable bonds is 1. The van der Waals surface area contributed by atoms with E-state index in [1.165, 1.54) is 0 Å². The van der Waals surface area contributed by atoms with Crippen LogP contribution in [0.1, 0.15) is 17.4 Å². The highest BCUT2D eigenvalue weighted by Crippen LogP contribution is 2.14. The van der Waals surface area contributed by atoms with Gasteiger partial charge in [0.05, 0.1) is 11.5 Å². The summed E-state index contributed by atoms with van der Waals surface area (Å²) in [6.45, 7) is 2.66. The fraction of sp³-hybridized carbons (Fsp3) is 0.583. The minimum absolute atomic E-state index is 0.0123. The Labute approximate surface area is 107 Å². The molecule has 1 aliphatic heterocycles. The van der Waals surface area contributed by atoms with Crippen LogP contribution in [-0.4, -0.2) is 48.4 Å². The molecule has 6 heteroatoms. The van der Waals surface area contributed by atoms with E-state index in [9.17, 15) is 13.2 Å². The molecule has 0 aromatic carbocycles. The fourth-order valence-corrected chi connectivity index (χ4v) is 3.95. The Morgan fingerprint density at radius 2 is 2.17 bits per heavy atom. The van der Waals surface area contributed by atoms with Gasteiger partial charge in [0.2, 0.25) is 0 Å². The molecule has 1 aliphatic rings. The average molecular weight is 270 g/mol. The van der Waals surface area contributed by atoms with Gasteiger partial charge in [-0.05, 0) is 18.1 Å². The maximum Gasteiger partial charge on any atom is 0.270 e. The highest BCUT2D eigenvalue weighted by molar-refractivity contribution is 7.91. The van der Waals surface area contributed by atoms with Gasteiger partial charge in [-0.15, -0.1) is 0 Å². The molecule has 100 valence electrons. The quantitative estimate of drug-likeness (QED) is 0.748. The monoisotopic (exact) mass is 270 g/mol. The van der Waals surface area contributed by atoms with Crippen LogP contribution in [0, 0.1) is 5.92 Å². The molecule has 2 rings (SSSR count). The Morgan fingerprint density at radius 1 is 1.44 bits per heavy atom. The lowest BCUT2D eigenvalue weighted by molar-refractivity contribution is 0.0742. The summed E-state index contributed by atoms with van der Waals surface area (Å²) in [5.74, 6) is 0.130. The summed E-state index contributed by atoms with van der Waals surface area (Å²) in [6, 6.07) is 3.57. The Bertz CT molecular complexity index is 547. The van der Waals surface area contributed by atoms with E-state index in [-0.39, 0.29) is 29.9 Å². The van der Waals surface area contributed by atoms with Crippen LogP contribution in [0.15, 0.2) is 18.3 Å². The van der Waals surface area contributed by atoms with E-state index >= 15 is 0 Å². The molecular weight excluding hydrogens is 252 g/mol. The topological polar surface area (TPSA) is 59.4 Å². The summed E-state index contributed by atoms with van der Waals surface area (Å²) in [5, 5.41) is 0. The van der Waals surface area contributed by atoms with E-state index in [1.54, 1.807) is 15.5 Å². The molecule has 1 saturated heterocycles. The van der Waals surface area contributed by atoms with E-state index in [2.05, 4.69) is 0 Å². The van der Waals surface area contributed by atoms with Gasteiger partial charge in [-0.2, -0.15) is 0 Å². The van der Waals surface area contributed by atoms with Crippen LogP contribution in [0.5, 0.6) is 0 Å². The van der Waals surface area contributed by atoms with Gasteiger partial charge in [0.1, 0.15) is 5.69 Å². The van der Waals surface area contributed by atoms with Crippen molar-refractivity contribution < 1.29 is 13.2 Å². The second kappa shape index (κ2) is 4.76. The van der Waals surface area contributed by atoms with Gasteiger partial charge < -0.3 is 9.47 Å². The van der Waals surface area contributed by atoms with Crippen LogP contribution in [-0.2, 0) is 16.9 Å². The highest BCUT2D eigenvalue weighted by Gasteiger charge is 2.28. The number of sulfone groups is 1. The number of amides is 1. The van der Waals surface area contributed by atoms with E-state index in [1.807, 2.05) is 26.2 Å². The minimum Gasteiger partial charge on any atom is -0.347 e. The summed E-state index contributed by atoms with van der Waals surface area (Å²) < 4.78 is 25.1. The normalized spacial score (nSPS) is 23.7. The van der Waals surface area contributed by atoms with E-state index < -0.39 is 9.84 Å². The molecule has 1 aromatic heterocycles. The van der Waals surface area contributed by atoms with Gasteiger partial charge in [0.15, 0.2) is 9.84 Å². The maximum absolute atomic E-state index is 12.3. The minimum atomic E-state index is -3.01. The zero-order valence-electron chi connectivity index (χ0n) is 10.7. The molecule has 5 nitrogen and oxygen atoms in total. The zero-order valence-corrected chi connectivity index (χ0v) is 11.5. The maximum atomic E-state index is 12.3. The molecule has 1 atom stereocenters. The summed E-state index contributed by atoms with van der Waals surface area (Å²) in [4.78, 5) is 13.9. The van der Waals surface area contributed by atoms with Crippen LogP contribution < -0.4 is 0 Å².